The van der Waals surface area contributed by atoms with Crippen LogP contribution >= 0.6 is 23.2 Å². The number of anilines is 2. The number of para-hydroxylation sites is 2. The van der Waals surface area contributed by atoms with Crippen LogP contribution in [-0.4, -0.2) is 16.1 Å². The smallest absolute Gasteiger partial charge is 0.304 e. The molecule has 0 radical (unpaired) electrons. The Morgan fingerprint density at radius 1 is 1.00 bits per heavy atom. The van der Waals surface area contributed by atoms with Gasteiger partial charge in [0.05, 0.1) is 22.2 Å². The van der Waals surface area contributed by atoms with Gasteiger partial charge in [-0.2, -0.15) is 0 Å². The molecule has 132 valence electrons. The van der Waals surface area contributed by atoms with Gasteiger partial charge in [0, 0.05) is 24.0 Å². The zero-order chi connectivity index (χ0) is 18.5. The lowest BCUT2D eigenvalue weighted by Gasteiger charge is -2.21. The van der Waals surface area contributed by atoms with Crippen LogP contribution in [-0.2, 0) is 4.79 Å². The molecule has 2 N–H and O–H groups in total. The van der Waals surface area contributed by atoms with Crippen LogP contribution in [0.5, 0.6) is 0 Å². The Balaban J connectivity index is 2.05. The number of rotatable bonds is 6. The molecule has 0 saturated carbocycles. The van der Waals surface area contributed by atoms with Crippen molar-refractivity contribution in [3.8, 4) is 0 Å². The molecule has 1 atom stereocenters. The minimum Gasteiger partial charge on any atom is -0.481 e. The number of carboxylic acids is 1. The molecule has 1 aromatic heterocycles. The Labute approximate surface area is 161 Å². The minimum atomic E-state index is -0.877. The Hall–Kier alpha value is -2.56. The summed E-state index contributed by atoms with van der Waals surface area (Å²) < 4.78 is 0. The van der Waals surface area contributed by atoms with Crippen LogP contribution in [0.25, 0.3) is 0 Å². The molecule has 2 aromatic carbocycles. The molecule has 0 amide bonds. The van der Waals surface area contributed by atoms with E-state index in [2.05, 4.69) is 10.3 Å². The van der Waals surface area contributed by atoms with Crippen molar-refractivity contribution in [2.45, 2.75) is 12.3 Å². The molecule has 1 unspecified atom stereocenters. The van der Waals surface area contributed by atoms with E-state index in [9.17, 15) is 9.90 Å². The number of aromatic nitrogens is 1. The van der Waals surface area contributed by atoms with Gasteiger partial charge in [0.2, 0.25) is 0 Å². The van der Waals surface area contributed by atoms with Crippen LogP contribution in [0.1, 0.15) is 23.5 Å². The van der Waals surface area contributed by atoms with Crippen molar-refractivity contribution in [1.82, 2.24) is 4.98 Å². The molecule has 0 spiro atoms. The summed E-state index contributed by atoms with van der Waals surface area (Å²) in [5, 5.41) is 13.6. The molecule has 1 heterocycles. The molecule has 0 fully saturated rings. The molecule has 0 saturated heterocycles. The number of carboxylic acid groups (broad SMARTS) is 1. The summed E-state index contributed by atoms with van der Waals surface area (Å²) >= 11 is 12.5. The van der Waals surface area contributed by atoms with E-state index in [-0.39, 0.29) is 12.3 Å². The highest BCUT2D eigenvalue weighted by atomic mass is 35.5. The first-order chi connectivity index (χ1) is 12.6. The summed E-state index contributed by atoms with van der Waals surface area (Å²) in [6, 6.07) is 16.5. The number of carbonyl (C=O) groups is 1. The lowest BCUT2D eigenvalue weighted by molar-refractivity contribution is -0.137. The van der Waals surface area contributed by atoms with Gasteiger partial charge < -0.3 is 10.4 Å². The van der Waals surface area contributed by atoms with E-state index in [1.807, 2.05) is 36.4 Å². The number of hydrogen-bond donors (Lipinski definition) is 2. The van der Waals surface area contributed by atoms with Crippen LogP contribution in [0, 0.1) is 0 Å². The van der Waals surface area contributed by atoms with Gasteiger partial charge in [0.1, 0.15) is 0 Å². The molecule has 0 bridgehead atoms. The maximum Gasteiger partial charge on any atom is 0.304 e. The first kappa shape index (κ1) is 18.2. The number of nitrogens with one attached hydrogen (secondary N) is 1. The van der Waals surface area contributed by atoms with Crippen molar-refractivity contribution in [2.75, 3.05) is 5.32 Å². The molecule has 0 aliphatic carbocycles. The Morgan fingerprint density at radius 3 is 2.31 bits per heavy atom. The zero-order valence-electron chi connectivity index (χ0n) is 13.7. The van der Waals surface area contributed by atoms with Crippen molar-refractivity contribution in [1.29, 1.82) is 0 Å². The molecular weight excluding hydrogens is 371 g/mol. The fourth-order valence-corrected chi connectivity index (χ4v) is 3.34. The fourth-order valence-electron chi connectivity index (χ4n) is 2.84. The number of aliphatic carboxylic acids is 1. The fraction of sp³-hybridized carbons (Fsp3) is 0.100. The quantitative estimate of drug-likeness (QED) is 0.566. The number of hydrogen-bond acceptors (Lipinski definition) is 3. The highest BCUT2D eigenvalue weighted by molar-refractivity contribution is 6.39. The first-order valence-electron chi connectivity index (χ1n) is 7.98. The summed E-state index contributed by atoms with van der Waals surface area (Å²) in [6.45, 7) is 0. The van der Waals surface area contributed by atoms with Crippen molar-refractivity contribution < 1.29 is 9.90 Å². The van der Waals surface area contributed by atoms with E-state index in [1.54, 1.807) is 30.6 Å². The summed E-state index contributed by atoms with van der Waals surface area (Å²) in [5.41, 5.74) is 3.07. The van der Waals surface area contributed by atoms with E-state index in [4.69, 9.17) is 23.2 Å². The molecule has 3 rings (SSSR count). The first-order valence-corrected chi connectivity index (χ1v) is 8.73. The third-order valence-corrected chi connectivity index (χ3v) is 4.68. The van der Waals surface area contributed by atoms with Crippen LogP contribution in [0.4, 0.5) is 11.4 Å². The van der Waals surface area contributed by atoms with Crippen molar-refractivity contribution in [3.63, 3.8) is 0 Å². The highest BCUT2D eigenvalue weighted by Crippen LogP contribution is 2.38. The van der Waals surface area contributed by atoms with Gasteiger partial charge in [-0.25, -0.2) is 0 Å². The summed E-state index contributed by atoms with van der Waals surface area (Å²) in [7, 11) is 0. The monoisotopic (exact) mass is 386 g/mol. The molecule has 26 heavy (non-hydrogen) atoms. The number of pyridine rings is 1. The highest BCUT2D eigenvalue weighted by Gasteiger charge is 2.21. The second-order valence-electron chi connectivity index (χ2n) is 5.74. The average molecular weight is 387 g/mol. The number of halogens is 2. The lowest BCUT2D eigenvalue weighted by Crippen LogP contribution is -2.10. The van der Waals surface area contributed by atoms with Gasteiger partial charge in [0.25, 0.3) is 0 Å². The van der Waals surface area contributed by atoms with Crippen LogP contribution < -0.4 is 5.32 Å². The van der Waals surface area contributed by atoms with Crippen LogP contribution in [0.2, 0.25) is 10.0 Å². The van der Waals surface area contributed by atoms with Crippen LogP contribution in [0.15, 0.2) is 67.0 Å². The van der Waals surface area contributed by atoms with Crippen molar-refractivity contribution in [2.24, 2.45) is 0 Å². The summed E-state index contributed by atoms with van der Waals surface area (Å²) in [4.78, 5) is 15.5. The largest absolute Gasteiger partial charge is 0.481 e. The Kier molecular flexibility index (Phi) is 5.76. The molecule has 3 aromatic rings. The van der Waals surface area contributed by atoms with E-state index >= 15 is 0 Å². The van der Waals surface area contributed by atoms with E-state index < -0.39 is 5.97 Å². The van der Waals surface area contributed by atoms with E-state index in [0.29, 0.717) is 15.7 Å². The Morgan fingerprint density at radius 2 is 1.65 bits per heavy atom. The van der Waals surface area contributed by atoms with E-state index in [1.165, 1.54) is 0 Å². The predicted octanol–water partition coefficient (Wildman–Crippen LogP) is 5.74. The summed E-state index contributed by atoms with van der Waals surface area (Å²) in [5.74, 6) is -1.21. The maximum absolute atomic E-state index is 11.5. The minimum absolute atomic E-state index is 0.0427. The van der Waals surface area contributed by atoms with Gasteiger partial charge in [-0.3, -0.25) is 9.78 Å². The second-order valence-corrected chi connectivity index (χ2v) is 6.55. The lowest BCUT2D eigenvalue weighted by atomic mass is 9.88. The standard InChI is InChI=1S/C20H16Cl2N2O2/c21-16-5-3-6-17(22)20(16)24-18-7-2-1-4-14(18)15(12-19(25)26)13-8-10-23-11-9-13/h1-11,15,24H,12H2,(H,25,26). The van der Waals surface area contributed by atoms with Gasteiger partial charge in [-0.15, -0.1) is 0 Å². The molecular formula is C20H16Cl2N2O2. The van der Waals surface area contributed by atoms with Gasteiger partial charge >= 0.3 is 5.97 Å². The topological polar surface area (TPSA) is 62.2 Å². The molecule has 6 heteroatoms. The zero-order valence-corrected chi connectivity index (χ0v) is 15.2. The normalized spacial score (nSPS) is 11.8. The van der Waals surface area contributed by atoms with Gasteiger partial charge in [-0.1, -0.05) is 47.5 Å². The third kappa shape index (κ3) is 4.15. The number of nitrogens with zero attached hydrogens (tertiary/aromatic N) is 1. The molecule has 4 nitrogen and oxygen atoms in total. The molecule has 0 aliphatic rings. The van der Waals surface area contributed by atoms with Crippen molar-refractivity contribution >= 4 is 40.5 Å². The van der Waals surface area contributed by atoms with Gasteiger partial charge in [-0.05, 0) is 41.5 Å². The maximum atomic E-state index is 11.5. The average Bonchev–Trinajstić information content (AvgIpc) is 2.64. The second kappa shape index (κ2) is 8.21. The summed E-state index contributed by atoms with van der Waals surface area (Å²) in [6.07, 6.45) is 3.27. The van der Waals surface area contributed by atoms with Gasteiger partial charge in [0.15, 0.2) is 0 Å². The Bertz CT molecular complexity index is 896. The van der Waals surface area contributed by atoms with E-state index in [0.717, 1.165) is 16.8 Å². The predicted molar refractivity (Wildman–Crippen MR) is 105 cm³/mol. The van der Waals surface area contributed by atoms with Crippen LogP contribution in [0.3, 0.4) is 0 Å². The third-order valence-electron chi connectivity index (χ3n) is 4.05. The number of benzene rings is 2. The molecule has 0 aliphatic heterocycles. The van der Waals surface area contributed by atoms with Crippen molar-refractivity contribution in [3.05, 3.63) is 88.2 Å². The SMILES string of the molecule is O=C(O)CC(c1ccncc1)c1ccccc1Nc1c(Cl)cccc1Cl.